The Morgan fingerprint density at radius 2 is 1.72 bits per heavy atom. The van der Waals surface area contributed by atoms with Crippen molar-refractivity contribution in [2.75, 3.05) is 45.7 Å². The predicted molar refractivity (Wildman–Crippen MR) is 205 cm³/mol. The molecule has 4 aromatic carbocycles. The normalized spacial score (nSPS) is 18.4. The molecule has 1 heterocycles. The van der Waals surface area contributed by atoms with Gasteiger partial charge in [0.05, 0.1) is 37.4 Å². The number of hydrogen-bond acceptors (Lipinski definition) is 10. The summed E-state index contributed by atoms with van der Waals surface area (Å²) < 4.78 is 51.0. The maximum absolute atomic E-state index is 13.1. The van der Waals surface area contributed by atoms with Gasteiger partial charge in [-0.25, -0.2) is 13.4 Å². The summed E-state index contributed by atoms with van der Waals surface area (Å²) in [4.78, 5) is 6.01. The minimum absolute atomic E-state index is 0.0664. The number of nitriles is 1. The van der Waals surface area contributed by atoms with Crippen LogP contribution in [0.5, 0.6) is 11.5 Å². The number of nitrogens with one attached hydrogen (secondary N) is 1. The largest absolute Gasteiger partial charge is 0.497 e. The first-order valence-corrected chi connectivity index (χ1v) is 19.9. The lowest BCUT2D eigenvalue weighted by Gasteiger charge is -2.51. The van der Waals surface area contributed by atoms with E-state index in [-0.39, 0.29) is 27.6 Å². The van der Waals surface area contributed by atoms with E-state index < -0.39 is 15.4 Å². The third-order valence-corrected chi connectivity index (χ3v) is 12.7. The first-order chi connectivity index (χ1) is 25.6. The molecule has 5 aromatic rings. The number of sulfonamides is 1. The van der Waals surface area contributed by atoms with Gasteiger partial charge in [-0.3, -0.25) is 4.72 Å². The Kier molecular flexibility index (Phi) is 10.5. The fraction of sp³-hybridized carbons (Fsp3) is 0.341. The highest BCUT2D eigenvalue weighted by Crippen LogP contribution is 2.58. The van der Waals surface area contributed by atoms with E-state index in [0.717, 1.165) is 48.5 Å². The van der Waals surface area contributed by atoms with Crippen molar-refractivity contribution >= 4 is 26.7 Å². The lowest BCUT2D eigenvalue weighted by atomic mass is 9.53. The van der Waals surface area contributed by atoms with E-state index in [0.29, 0.717) is 31.4 Å². The minimum atomic E-state index is -3.99. The standard InChI is InChI=1S/C41H43N5O5S2/c1-46(2)25-40(26-50-24-29-12-14-31(49-3)15-13-29,27-51-38-17-16-32(22-30(38)23-42)53(47,48)45-39-43-28-44-52-39)20-21-41-19-18-33(34-8-4-6-10-36(34)41)35-9-5-7-11-37(35)41/h4-17,22,28,33H,18-21,24-27H2,1-3H3,(H,43,44,45). The van der Waals surface area contributed by atoms with E-state index in [2.05, 4.69) is 87.7 Å². The lowest BCUT2D eigenvalue weighted by Crippen LogP contribution is -2.46. The van der Waals surface area contributed by atoms with Gasteiger partial charge in [-0.1, -0.05) is 60.7 Å². The molecular formula is C41H43N5O5S2. The molecule has 0 amide bonds. The number of ether oxygens (including phenoxy) is 3. The monoisotopic (exact) mass is 749 g/mol. The molecule has 0 saturated carbocycles. The molecule has 1 atom stereocenters. The van der Waals surface area contributed by atoms with Gasteiger partial charge in [0.2, 0.25) is 5.13 Å². The number of benzene rings is 4. The van der Waals surface area contributed by atoms with Crippen LogP contribution in [0.2, 0.25) is 0 Å². The number of methoxy groups -OCH3 is 1. The highest BCUT2D eigenvalue weighted by Gasteiger charge is 2.49. The van der Waals surface area contributed by atoms with Gasteiger partial charge in [-0.05, 0) is 97.9 Å². The van der Waals surface area contributed by atoms with E-state index in [4.69, 9.17) is 14.2 Å². The maximum Gasteiger partial charge on any atom is 0.263 e. The van der Waals surface area contributed by atoms with E-state index >= 15 is 0 Å². The molecule has 1 N–H and O–H groups in total. The van der Waals surface area contributed by atoms with Crippen LogP contribution in [0.4, 0.5) is 5.13 Å². The number of rotatable bonds is 16. The lowest BCUT2D eigenvalue weighted by molar-refractivity contribution is -0.0177. The molecule has 0 fully saturated rings. The number of hydrogen-bond donors (Lipinski definition) is 1. The second-order valence-corrected chi connectivity index (χ2v) is 16.8. The van der Waals surface area contributed by atoms with Crippen LogP contribution in [0.25, 0.3) is 0 Å². The molecule has 0 spiro atoms. The molecule has 10 nitrogen and oxygen atoms in total. The maximum atomic E-state index is 13.1. The van der Waals surface area contributed by atoms with E-state index in [9.17, 15) is 13.7 Å². The average molecular weight is 750 g/mol. The van der Waals surface area contributed by atoms with Gasteiger partial charge in [0, 0.05) is 34.8 Å². The third-order valence-electron chi connectivity index (χ3n) is 10.6. The third kappa shape index (κ3) is 7.53. The molecule has 53 heavy (non-hydrogen) atoms. The van der Waals surface area contributed by atoms with E-state index in [1.54, 1.807) is 13.2 Å². The number of aromatic nitrogens is 2. The van der Waals surface area contributed by atoms with Crippen molar-refractivity contribution in [3.05, 3.63) is 131 Å². The van der Waals surface area contributed by atoms with Gasteiger partial charge in [0.1, 0.15) is 23.9 Å². The Hall–Kier alpha value is -4.80. The molecule has 0 saturated heterocycles. The van der Waals surface area contributed by atoms with Crippen molar-refractivity contribution in [1.29, 1.82) is 5.26 Å². The summed E-state index contributed by atoms with van der Waals surface area (Å²) in [6.45, 7) is 1.73. The Morgan fingerprint density at radius 1 is 1.00 bits per heavy atom. The second-order valence-electron chi connectivity index (χ2n) is 14.3. The second kappa shape index (κ2) is 15.3. The molecule has 3 aliphatic carbocycles. The zero-order valence-electron chi connectivity index (χ0n) is 30.1. The first kappa shape index (κ1) is 36.6. The van der Waals surface area contributed by atoms with Crippen molar-refractivity contribution < 1.29 is 22.6 Å². The summed E-state index contributed by atoms with van der Waals surface area (Å²) in [5, 5.41) is 10.3. The Labute approximate surface area is 315 Å². The molecule has 2 bridgehead atoms. The van der Waals surface area contributed by atoms with Gasteiger partial charge < -0.3 is 19.1 Å². The summed E-state index contributed by atoms with van der Waals surface area (Å²) in [7, 11) is 1.76. The number of anilines is 1. The summed E-state index contributed by atoms with van der Waals surface area (Å²) >= 11 is 0.928. The van der Waals surface area contributed by atoms with Gasteiger partial charge in [0.15, 0.2) is 0 Å². The predicted octanol–water partition coefficient (Wildman–Crippen LogP) is 7.37. The zero-order valence-corrected chi connectivity index (χ0v) is 31.8. The first-order valence-electron chi connectivity index (χ1n) is 17.7. The summed E-state index contributed by atoms with van der Waals surface area (Å²) in [5.41, 5.74) is 6.19. The quantitative estimate of drug-likeness (QED) is 0.110. The van der Waals surface area contributed by atoms with Crippen LogP contribution in [0.1, 0.15) is 65.0 Å². The molecule has 12 heteroatoms. The molecule has 0 radical (unpaired) electrons. The summed E-state index contributed by atoms with van der Waals surface area (Å²) in [5.74, 6) is 1.51. The van der Waals surface area contributed by atoms with Crippen LogP contribution in [-0.4, -0.2) is 63.6 Å². The SMILES string of the molecule is COc1ccc(COCC(CCC23CCC(c4ccccc42)c2ccccc23)(COc2ccc(S(=O)(=O)Nc3ncns3)cc2C#N)CN(C)C)cc1. The minimum Gasteiger partial charge on any atom is -0.497 e. The van der Waals surface area contributed by atoms with Crippen LogP contribution >= 0.6 is 11.5 Å². The molecular weight excluding hydrogens is 707 g/mol. The number of nitrogens with zero attached hydrogens (tertiary/aromatic N) is 4. The van der Waals surface area contributed by atoms with Gasteiger partial charge in [-0.15, -0.1) is 0 Å². The number of fused-ring (bicyclic) bond motifs is 1. The highest BCUT2D eigenvalue weighted by atomic mass is 32.2. The molecule has 274 valence electrons. The van der Waals surface area contributed by atoms with Gasteiger partial charge in [0.25, 0.3) is 10.0 Å². The molecule has 0 aliphatic heterocycles. The van der Waals surface area contributed by atoms with E-state index in [1.807, 2.05) is 24.3 Å². The van der Waals surface area contributed by atoms with Crippen molar-refractivity contribution in [3.8, 4) is 17.6 Å². The van der Waals surface area contributed by atoms with Crippen LogP contribution < -0.4 is 14.2 Å². The zero-order chi connectivity index (χ0) is 37.1. The van der Waals surface area contributed by atoms with Crippen molar-refractivity contribution in [3.63, 3.8) is 0 Å². The molecule has 3 aliphatic rings. The van der Waals surface area contributed by atoms with Gasteiger partial charge >= 0.3 is 0 Å². The van der Waals surface area contributed by atoms with Crippen molar-refractivity contribution in [1.82, 2.24) is 14.3 Å². The highest BCUT2D eigenvalue weighted by molar-refractivity contribution is 7.93. The summed E-state index contributed by atoms with van der Waals surface area (Å²) in [6.07, 6.45) is 5.11. The van der Waals surface area contributed by atoms with Crippen molar-refractivity contribution in [2.45, 2.75) is 48.5 Å². The van der Waals surface area contributed by atoms with Crippen LogP contribution in [-0.2, 0) is 26.8 Å². The average Bonchev–Trinajstić information content (AvgIpc) is 3.69. The van der Waals surface area contributed by atoms with Crippen LogP contribution in [0.15, 0.2) is 102 Å². The molecule has 8 rings (SSSR count). The van der Waals surface area contributed by atoms with Gasteiger partial charge in [-0.2, -0.15) is 9.64 Å². The summed E-state index contributed by atoms with van der Waals surface area (Å²) in [6, 6.07) is 32.2. The topological polar surface area (TPSA) is 127 Å². The Morgan fingerprint density at radius 3 is 2.36 bits per heavy atom. The fourth-order valence-electron chi connectivity index (χ4n) is 8.28. The molecule has 1 unspecified atom stereocenters. The Bertz CT molecular complexity index is 2160. The smallest absolute Gasteiger partial charge is 0.263 e. The van der Waals surface area contributed by atoms with E-state index in [1.165, 1.54) is 40.7 Å². The molecule has 1 aromatic heterocycles. The van der Waals surface area contributed by atoms with Crippen molar-refractivity contribution in [2.24, 2.45) is 5.41 Å². The fourth-order valence-corrected chi connectivity index (χ4v) is 9.96. The van der Waals surface area contributed by atoms with Crippen LogP contribution in [0.3, 0.4) is 0 Å². The van der Waals surface area contributed by atoms with Crippen LogP contribution in [0, 0.1) is 16.7 Å². The Balaban J connectivity index is 1.20.